The lowest BCUT2D eigenvalue weighted by Gasteiger charge is -2.27. The number of ether oxygens (including phenoxy) is 1. The van der Waals surface area contributed by atoms with Gasteiger partial charge in [-0.25, -0.2) is 0 Å². The van der Waals surface area contributed by atoms with Crippen LogP contribution in [0.3, 0.4) is 0 Å². The molecule has 1 aliphatic rings. The predicted molar refractivity (Wildman–Crippen MR) is 202 cm³/mol. The number of hydrogen-bond donors (Lipinski definition) is 0. The van der Waals surface area contributed by atoms with E-state index in [-0.39, 0.29) is 5.41 Å². The van der Waals surface area contributed by atoms with Crippen molar-refractivity contribution >= 4 is 29.5 Å². The van der Waals surface area contributed by atoms with Gasteiger partial charge >= 0.3 is 0 Å². The minimum absolute atomic E-state index is 0.156. The third kappa shape index (κ3) is 10.3. The normalized spacial score (nSPS) is 11.4. The van der Waals surface area contributed by atoms with E-state index < -0.39 is 0 Å². The Hall–Kier alpha value is -3.43. The molecule has 0 saturated heterocycles. The number of aryl methyl sites for hydroxylation is 3. The second-order valence-corrected chi connectivity index (χ2v) is 15.8. The highest BCUT2D eigenvalue weighted by atomic mass is 32.2. The van der Waals surface area contributed by atoms with Crippen molar-refractivity contribution in [3.8, 4) is 11.5 Å². The summed E-state index contributed by atoms with van der Waals surface area (Å²) in [5.41, 5.74) is 5.23. The summed E-state index contributed by atoms with van der Waals surface area (Å²) < 4.78 is 14.9. The zero-order valence-electron chi connectivity index (χ0n) is 28.4. The van der Waals surface area contributed by atoms with Gasteiger partial charge in [-0.3, -0.25) is 0 Å². The van der Waals surface area contributed by atoms with Crippen molar-refractivity contribution in [2.75, 3.05) is 0 Å². The first kappa shape index (κ1) is 35.4. The molecular weight excluding hydrogens is 622 g/mol. The van der Waals surface area contributed by atoms with Crippen LogP contribution in [0, 0.1) is 20.8 Å². The van der Waals surface area contributed by atoms with E-state index in [9.17, 15) is 0 Å². The lowest BCUT2D eigenvalue weighted by Crippen LogP contribution is -2.12. The zero-order valence-corrected chi connectivity index (χ0v) is 31.2. The van der Waals surface area contributed by atoms with Crippen LogP contribution in [0.1, 0.15) is 63.3 Å². The standard InChI is InChI=1S/C19H22OS.2C8H9N2P.C3H8/c1-11-7-12(2)17-15(8-11)21-16-10-14(19(4,5)6)9-13(3)18(16)20-17;2*1-2-6-9(5-1)11-10-7-3-4-8-10;1-3-2/h7-10H,1-6H3;2*1-8,11H;3H2,1-2H3. The van der Waals surface area contributed by atoms with Gasteiger partial charge in [0.25, 0.3) is 0 Å². The molecule has 0 radical (unpaired) electrons. The van der Waals surface area contributed by atoms with Gasteiger partial charge in [0.05, 0.1) is 27.6 Å². The predicted octanol–water partition coefficient (Wildman–Crippen LogP) is 12.0. The molecule has 7 rings (SSSR count). The van der Waals surface area contributed by atoms with Gasteiger partial charge in [-0.05, 0) is 109 Å². The van der Waals surface area contributed by atoms with Crippen LogP contribution >= 0.6 is 29.5 Å². The average molecular weight is 671 g/mol. The number of fused-ring (bicyclic) bond motifs is 2. The smallest absolute Gasteiger partial charge is 0.144 e. The highest BCUT2D eigenvalue weighted by Gasteiger charge is 2.24. The molecule has 0 aliphatic carbocycles. The first-order chi connectivity index (χ1) is 22.1. The van der Waals surface area contributed by atoms with E-state index >= 15 is 0 Å². The molecule has 6 aromatic rings. The molecule has 0 unspecified atom stereocenters. The van der Waals surface area contributed by atoms with Crippen LogP contribution in [0.5, 0.6) is 11.5 Å². The van der Waals surface area contributed by atoms with Crippen molar-refractivity contribution in [3.05, 3.63) is 145 Å². The fourth-order valence-corrected chi connectivity index (χ4v) is 7.61. The third-order valence-electron chi connectivity index (χ3n) is 6.80. The van der Waals surface area contributed by atoms with Crippen LogP contribution in [0.4, 0.5) is 0 Å². The van der Waals surface area contributed by atoms with Crippen molar-refractivity contribution in [3.63, 3.8) is 0 Å². The van der Waals surface area contributed by atoms with Crippen LogP contribution in [0.15, 0.2) is 132 Å². The maximum Gasteiger partial charge on any atom is 0.144 e. The van der Waals surface area contributed by atoms with Crippen LogP contribution in [-0.2, 0) is 5.41 Å². The van der Waals surface area contributed by atoms with Crippen molar-refractivity contribution < 1.29 is 4.74 Å². The minimum atomic E-state index is 0.156. The topological polar surface area (TPSA) is 28.9 Å². The summed E-state index contributed by atoms with van der Waals surface area (Å²) in [6, 6.07) is 25.2. The first-order valence-corrected chi connectivity index (χ1v) is 18.4. The molecule has 0 saturated carbocycles. The molecule has 0 spiro atoms. The summed E-state index contributed by atoms with van der Waals surface area (Å²) in [4.78, 5) is 2.46. The summed E-state index contributed by atoms with van der Waals surface area (Å²) >= 11 is 1.83. The second-order valence-electron chi connectivity index (χ2n) is 12.3. The Balaban J connectivity index is 0.000000162. The fraction of sp³-hybridized carbons (Fsp3) is 0.263. The molecule has 5 heterocycles. The van der Waals surface area contributed by atoms with Crippen LogP contribution in [-0.4, -0.2) is 17.4 Å². The van der Waals surface area contributed by atoms with Gasteiger partial charge < -0.3 is 22.1 Å². The maximum absolute atomic E-state index is 6.24. The molecule has 0 bridgehead atoms. The summed E-state index contributed by atoms with van der Waals surface area (Å²) in [6.07, 6.45) is 17.8. The van der Waals surface area contributed by atoms with E-state index in [1.54, 1.807) is 0 Å². The zero-order chi connectivity index (χ0) is 33.1. The Morgan fingerprint density at radius 1 is 0.565 bits per heavy atom. The second kappa shape index (κ2) is 16.9. The number of benzene rings is 2. The Bertz CT molecular complexity index is 1600. The Kier molecular flexibility index (Phi) is 13.0. The van der Waals surface area contributed by atoms with E-state index in [0.717, 1.165) is 11.5 Å². The molecular formula is C38H48N4OP2S. The van der Waals surface area contributed by atoms with Gasteiger partial charge in [0, 0.05) is 49.6 Å². The number of aromatic nitrogens is 4. The summed E-state index contributed by atoms with van der Waals surface area (Å²) in [5.74, 6) is 2.04. The number of hydrogen-bond acceptors (Lipinski definition) is 2. The van der Waals surface area contributed by atoms with Crippen molar-refractivity contribution in [2.24, 2.45) is 0 Å². The van der Waals surface area contributed by atoms with Gasteiger partial charge in [0.15, 0.2) is 0 Å². The summed E-state index contributed by atoms with van der Waals surface area (Å²) in [6.45, 7) is 17.4. The average Bonchev–Trinajstić information content (AvgIpc) is 3.84. The van der Waals surface area contributed by atoms with Gasteiger partial charge in [0.2, 0.25) is 0 Å². The maximum atomic E-state index is 6.24. The molecule has 0 amide bonds. The molecule has 4 aromatic heterocycles. The van der Waals surface area contributed by atoms with E-state index in [0.29, 0.717) is 17.8 Å². The van der Waals surface area contributed by atoms with Gasteiger partial charge in [-0.15, -0.1) is 0 Å². The quantitative estimate of drug-likeness (QED) is 0.174. The van der Waals surface area contributed by atoms with Gasteiger partial charge in [-0.1, -0.05) is 64.9 Å². The summed E-state index contributed by atoms with van der Waals surface area (Å²) in [5, 5.41) is 0. The molecule has 0 N–H and O–H groups in total. The highest BCUT2D eigenvalue weighted by Crippen LogP contribution is 2.51. The van der Waals surface area contributed by atoms with E-state index in [1.807, 2.05) is 60.3 Å². The molecule has 0 atom stereocenters. The van der Waals surface area contributed by atoms with Gasteiger partial charge in [-0.2, -0.15) is 0 Å². The summed E-state index contributed by atoms with van der Waals surface area (Å²) in [7, 11) is 1.32. The SMILES string of the molecule is CCC.Cc1cc(C)c2c(c1)Sc1cc(C(C)(C)C)cc(C)c1O2.c1ccn(Pn2cccc2)c1.c1ccn(Pn2cccc2)c1. The number of nitrogens with zero attached hydrogens (tertiary/aromatic N) is 4. The number of rotatable bonds is 4. The highest BCUT2D eigenvalue weighted by molar-refractivity contribution is 7.99. The largest absolute Gasteiger partial charge is 0.454 e. The molecule has 8 heteroatoms. The van der Waals surface area contributed by atoms with Gasteiger partial charge in [0.1, 0.15) is 11.5 Å². The van der Waals surface area contributed by atoms with E-state index in [1.165, 1.54) is 38.5 Å². The monoisotopic (exact) mass is 670 g/mol. The van der Waals surface area contributed by atoms with Crippen LogP contribution < -0.4 is 4.74 Å². The Labute approximate surface area is 283 Å². The van der Waals surface area contributed by atoms with Crippen LogP contribution in [0.25, 0.3) is 0 Å². The molecule has 2 aromatic carbocycles. The lowest BCUT2D eigenvalue weighted by atomic mass is 9.86. The van der Waals surface area contributed by atoms with Crippen molar-refractivity contribution in [1.29, 1.82) is 0 Å². The van der Waals surface area contributed by atoms with E-state index in [2.05, 4.69) is 147 Å². The molecule has 0 fully saturated rings. The van der Waals surface area contributed by atoms with Crippen LogP contribution in [0.2, 0.25) is 0 Å². The third-order valence-corrected chi connectivity index (χ3v) is 9.96. The Morgan fingerprint density at radius 2 is 0.913 bits per heavy atom. The van der Waals surface area contributed by atoms with Crippen molar-refractivity contribution in [2.45, 2.75) is 77.0 Å². The van der Waals surface area contributed by atoms with Crippen molar-refractivity contribution in [1.82, 2.24) is 17.4 Å². The minimum Gasteiger partial charge on any atom is -0.454 e. The molecule has 1 aliphatic heterocycles. The Morgan fingerprint density at radius 3 is 1.28 bits per heavy atom. The molecule has 5 nitrogen and oxygen atoms in total. The first-order valence-electron chi connectivity index (χ1n) is 15.8. The van der Waals surface area contributed by atoms with E-state index in [4.69, 9.17) is 4.74 Å². The molecule has 46 heavy (non-hydrogen) atoms. The molecule has 242 valence electrons. The fourth-order valence-electron chi connectivity index (χ4n) is 4.60. The lowest BCUT2D eigenvalue weighted by molar-refractivity contribution is 0.445.